The molecule has 3 nitrogen and oxygen atoms in total. The molecule has 22 heavy (non-hydrogen) atoms. The van der Waals surface area contributed by atoms with Gasteiger partial charge in [0.05, 0.1) is 5.02 Å². The highest BCUT2D eigenvalue weighted by atomic mass is 79.9. The molecule has 0 radical (unpaired) electrons. The van der Waals surface area contributed by atoms with Gasteiger partial charge in [0, 0.05) is 9.50 Å². The molecule has 0 saturated carbocycles. The van der Waals surface area contributed by atoms with E-state index < -0.39 is 12.1 Å². The van der Waals surface area contributed by atoms with Gasteiger partial charge in [0.15, 0.2) is 6.10 Å². The van der Waals surface area contributed by atoms with Gasteiger partial charge in [0.2, 0.25) is 0 Å². The topological polar surface area (TPSA) is 35.5 Å². The molecule has 1 atom stereocenters. The molecule has 2 aromatic rings. The van der Waals surface area contributed by atoms with Crippen LogP contribution in [0.25, 0.3) is 0 Å². The highest BCUT2D eigenvalue weighted by Crippen LogP contribution is 2.28. The molecule has 0 fully saturated rings. The smallest absolute Gasteiger partial charge is 0.347 e. The molecule has 0 N–H and O–H groups in total. The van der Waals surface area contributed by atoms with Gasteiger partial charge >= 0.3 is 5.97 Å². The van der Waals surface area contributed by atoms with E-state index in [1.807, 2.05) is 24.3 Å². The molecule has 0 aliphatic rings. The predicted octanol–water partition coefficient (Wildman–Crippen LogP) is 5.27. The number of hydrogen-bond donors (Lipinski definition) is 0. The van der Waals surface area contributed by atoms with Crippen LogP contribution in [0, 0.1) is 0 Å². The van der Waals surface area contributed by atoms with Gasteiger partial charge in [-0.15, -0.1) is 0 Å². The largest absolute Gasteiger partial charge is 0.477 e. The second-order valence-electron chi connectivity index (χ2n) is 4.57. The average molecular weight is 404 g/mol. The van der Waals surface area contributed by atoms with E-state index in [4.69, 9.17) is 32.7 Å². The normalized spacial score (nSPS) is 11.8. The standard InChI is InChI=1S/C16H13BrCl2O3/c1-10(22-15-7-6-13(18)8-14(15)19)16(20)21-9-11-2-4-12(17)5-3-11/h2-8,10H,9H2,1H3. The lowest BCUT2D eigenvalue weighted by molar-refractivity contribution is -0.152. The van der Waals surface area contributed by atoms with Gasteiger partial charge in [-0.25, -0.2) is 4.79 Å². The van der Waals surface area contributed by atoms with Crippen LogP contribution in [-0.4, -0.2) is 12.1 Å². The molecule has 2 rings (SSSR count). The number of halogens is 3. The fourth-order valence-corrected chi connectivity index (χ4v) is 2.38. The Labute approximate surface area is 147 Å². The van der Waals surface area contributed by atoms with E-state index in [2.05, 4.69) is 15.9 Å². The van der Waals surface area contributed by atoms with Crippen LogP contribution in [0.1, 0.15) is 12.5 Å². The Balaban J connectivity index is 1.90. The summed E-state index contributed by atoms with van der Waals surface area (Å²) in [4.78, 5) is 11.9. The average Bonchev–Trinajstić information content (AvgIpc) is 2.49. The van der Waals surface area contributed by atoms with Crippen molar-refractivity contribution in [3.63, 3.8) is 0 Å². The van der Waals surface area contributed by atoms with Crippen molar-refractivity contribution >= 4 is 45.1 Å². The lowest BCUT2D eigenvalue weighted by atomic mass is 10.2. The molecule has 0 spiro atoms. The monoisotopic (exact) mass is 402 g/mol. The maximum absolute atomic E-state index is 11.9. The SMILES string of the molecule is CC(Oc1ccc(Cl)cc1Cl)C(=O)OCc1ccc(Br)cc1. The minimum absolute atomic E-state index is 0.189. The molecule has 6 heteroatoms. The Morgan fingerprint density at radius 3 is 2.50 bits per heavy atom. The third-order valence-electron chi connectivity index (χ3n) is 2.82. The van der Waals surface area contributed by atoms with Gasteiger partial charge in [-0.2, -0.15) is 0 Å². The van der Waals surface area contributed by atoms with Crippen molar-refractivity contribution in [3.8, 4) is 5.75 Å². The number of carbonyl (C=O) groups excluding carboxylic acids is 1. The summed E-state index contributed by atoms with van der Waals surface area (Å²) in [5.74, 6) is -0.0758. The lowest BCUT2D eigenvalue weighted by Gasteiger charge is -2.15. The minimum Gasteiger partial charge on any atom is -0.477 e. The van der Waals surface area contributed by atoms with Gasteiger partial charge in [-0.1, -0.05) is 51.3 Å². The number of rotatable bonds is 5. The number of carbonyl (C=O) groups is 1. The Bertz CT molecular complexity index is 659. The molecule has 0 saturated heterocycles. The van der Waals surface area contributed by atoms with Gasteiger partial charge < -0.3 is 9.47 Å². The fourth-order valence-electron chi connectivity index (χ4n) is 1.66. The third-order valence-corrected chi connectivity index (χ3v) is 3.88. The molecule has 116 valence electrons. The zero-order chi connectivity index (χ0) is 16.1. The summed E-state index contributed by atoms with van der Waals surface area (Å²) in [5.41, 5.74) is 0.897. The summed E-state index contributed by atoms with van der Waals surface area (Å²) in [5, 5.41) is 0.850. The van der Waals surface area contributed by atoms with Gasteiger partial charge in [0.1, 0.15) is 12.4 Å². The van der Waals surface area contributed by atoms with Crippen LogP contribution in [0.4, 0.5) is 0 Å². The van der Waals surface area contributed by atoms with Crippen molar-refractivity contribution in [2.24, 2.45) is 0 Å². The zero-order valence-corrected chi connectivity index (χ0v) is 14.8. The summed E-state index contributed by atoms with van der Waals surface area (Å²) < 4.78 is 11.7. The summed E-state index contributed by atoms with van der Waals surface area (Å²) in [6.45, 7) is 1.79. The van der Waals surface area contributed by atoms with Crippen molar-refractivity contribution in [1.29, 1.82) is 0 Å². The Kier molecular flexibility index (Phi) is 6.12. The second-order valence-corrected chi connectivity index (χ2v) is 6.33. The first-order valence-electron chi connectivity index (χ1n) is 6.48. The first-order chi connectivity index (χ1) is 10.5. The number of ether oxygens (including phenoxy) is 2. The highest BCUT2D eigenvalue weighted by Gasteiger charge is 2.18. The maximum Gasteiger partial charge on any atom is 0.347 e. The van der Waals surface area contributed by atoms with Crippen LogP contribution < -0.4 is 4.74 Å². The Hall–Kier alpha value is -1.23. The van der Waals surface area contributed by atoms with E-state index in [1.54, 1.807) is 25.1 Å². The number of esters is 1. The van der Waals surface area contributed by atoms with E-state index in [0.29, 0.717) is 15.8 Å². The van der Waals surface area contributed by atoms with E-state index in [-0.39, 0.29) is 6.61 Å². The van der Waals surface area contributed by atoms with Crippen molar-refractivity contribution < 1.29 is 14.3 Å². The molecule has 0 bridgehead atoms. The fraction of sp³-hybridized carbons (Fsp3) is 0.188. The van der Waals surface area contributed by atoms with E-state index in [9.17, 15) is 4.79 Å². The highest BCUT2D eigenvalue weighted by molar-refractivity contribution is 9.10. The van der Waals surface area contributed by atoms with Crippen molar-refractivity contribution in [1.82, 2.24) is 0 Å². The molecule has 0 aliphatic heterocycles. The Morgan fingerprint density at radius 1 is 1.18 bits per heavy atom. The summed E-state index contributed by atoms with van der Waals surface area (Å²) in [6, 6.07) is 12.3. The van der Waals surface area contributed by atoms with Gasteiger partial charge in [0.25, 0.3) is 0 Å². The van der Waals surface area contributed by atoms with E-state index >= 15 is 0 Å². The van der Waals surface area contributed by atoms with Crippen LogP contribution in [0.15, 0.2) is 46.9 Å². The Morgan fingerprint density at radius 2 is 1.86 bits per heavy atom. The number of hydrogen-bond acceptors (Lipinski definition) is 3. The summed E-state index contributed by atoms with van der Waals surface area (Å²) >= 11 is 15.2. The summed E-state index contributed by atoms with van der Waals surface area (Å²) in [7, 11) is 0. The third kappa shape index (κ3) is 4.90. The van der Waals surface area contributed by atoms with Crippen molar-refractivity contribution in [3.05, 3.63) is 62.5 Å². The van der Waals surface area contributed by atoms with Gasteiger partial charge in [-0.05, 0) is 42.8 Å². The molecule has 0 aromatic heterocycles. The van der Waals surface area contributed by atoms with Crippen LogP contribution in [0.3, 0.4) is 0 Å². The van der Waals surface area contributed by atoms with Crippen LogP contribution in [0.5, 0.6) is 5.75 Å². The first kappa shape index (κ1) is 17.1. The molecular formula is C16H13BrCl2O3. The van der Waals surface area contributed by atoms with Crippen LogP contribution >= 0.6 is 39.1 Å². The first-order valence-corrected chi connectivity index (χ1v) is 8.03. The van der Waals surface area contributed by atoms with Crippen molar-refractivity contribution in [2.45, 2.75) is 19.6 Å². The van der Waals surface area contributed by atoms with Crippen LogP contribution in [0.2, 0.25) is 10.0 Å². The van der Waals surface area contributed by atoms with E-state index in [0.717, 1.165) is 10.0 Å². The zero-order valence-electron chi connectivity index (χ0n) is 11.7. The molecule has 2 aromatic carbocycles. The minimum atomic E-state index is -0.769. The van der Waals surface area contributed by atoms with Gasteiger partial charge in [-0.3, -0.25) is 0 Å². The molecule has 1 unspecified atom stereocenters. The quantitative estimate of drug-likeness (QED) is 0.638. The van der Waals surface area contributed by atoms with Crippen molar-refractivity contribution in [2.75, 3.05) is 0 Å². The second kappa shape index (κ2) is 7.86. The summed E-state index contributed by atoms with van der Waals surface area (Å²) in [6.07, 6.45) is -0.769. The van der Waals surface area contributed by atoms with Crippen LogP contribution in [-0.2, 0) is 16.1 Å². The van der Waals surface area contributed by atoms with E-state index in [1.165, 1.54) is 0 Å². The lowest BCUT2D eigenvalue weighted by Crippen LogP contribution is -2.26. The molecule has 0 aliphatic carbocycles. The molecule has 0 heterocycles. The predicted molar refractivity (Wildman–Crippen MR) is 90.5 cm³/mol. The molecule has 0 amide bonds. The molecular weight excluding hydrogens is 391 g/mol. The maximum atomic E-state index is 11.9. The number of benzene rings is 2.